The molecule has 2 N–H and O–H groups in total. The molecule has 0 aliphatic heterocycles. The predicted molar refractivity (Wildman–Crippen MR) is 81.1 cm³/mol. The van der Waals surface area contributed by atoms with Gasteiger partial charge in [0.1, 0.15) is 0 Å². The van der Waals surface area contributed by atoms with Crippen molar-refractivity contribution >= 4 is 11.6 Å². The van der Waals surface area contributed by atoms with E-state index >= 15 is 0 Å². The molecular weight excluding hydrogens is 236 g/mol. The van der Waals surface area contributed by atoms with Gasteiger partial charge in [-0.15, -0.1) is 0 Å². The van der Waals surface area contributed by atoms with E-state index in [1.54, 1.807) is 0 Å². The van der Waals surface area contributed by atoms with Gasteiger partial charge in [-0.25, -0.2) is 0 Å². The molecule has 0 saturated carbocycles. The van der Waals surface area contributed by atoms with Crippen LogP contribution in [0.5, 0.6) is 0 Å². The van der Waals surface area contributed by atoms with Crippen molar-refractivity contribution in [2.24, 2.45) is 5.92 Å². The maximum absolute atomic E-state index is 11.8. The number of anilines is 1. The smallest absolute Gasteiger partial charge is 0.224 e. The van der Waals surface area contributed by atoms with Crippen LogP contribution >= 0.6 is 0 Å². The van der Waals surface area contributed by atoms with Crippen LogP contribution in [0.15, 0.2) is 24.3 Å². The number of carbonyl (C=O) groups is 1. The lowest BCUT2D eigenvalue weighted by Gasteiger charge is -2.10. The van der Waals surface area contributed by atoms with Gasteiger partial charge in [-0.05, 0) is 30.0 Å². The summed E-state index contributed by atoms with van der Waals surface area (Å²) in [6.07, 6.45) is 1.52. The molecule has 106 valence electrons. The second kappa shape index (κ2) is 7.95. The average molecular weight is 262 g/mol. The first-order valence-electron chi connectivity index (χ1n) is 7.09. The summed E-state index contributed by atoms with van der Waals surface area (Å²) < 4.78 is 0. The minimum absolute atomic E-state index is 0.0997. The third kappa shape index (κ3) is 6.97. The minimum Gasteiger partial charge on any atom is -0.326 e. The van der Waals surface area contributed by atoms with Crippen LogP contribution < -0.4 is 10.6 Å². The first-order chi connectivity index (χ1) is 8.97. The Morgan fingerprint density at radius 2 is 1.95 bits per heavy atom. The van der Waals surface area contributed by atoms with Crippen molar-refractivity contribution in [1.82, 2.24) is 5.32 Å². The van der Waals surface area contributed by atoms with E-state index in [2.05, 4.69) is 44.4 Å². The molecule has 0 aliphatic carbocycles. The molecule has 0 unspecified atom stereocenters. The SMILES string of the molecule is CC(C)CCC(=O)Nc1cccc(CNC(C)C)c1. The minimum atomic E-state index is 0.0997. The largest absolute Gasteiger partial charge is 0.326 e. The standard InChI is InChI=1S/C16H26N2O/c1-12(2)8-9-16(19)18-15-7-5-6-14(10-15)11-17-13(3)4/h5-7,10,12-13,17H,8-9,11H2,1-4H3,(H,18,19). The third-order valence-electron chi connectivity index (χ3n) is 2.87. The zero-order valence-electron chi connectivity index (χ0n) is 12.5. The van der Waals surface area contributed by atoms with Gasteiger partial charge in [0.05, 0.1) is 0 Å². The third-order valence-corrected chi connectivity index (χ3v) is 2.87. The van der Waals surface area contributed by atoms with Gasteiger partial charge in [-0.1, -0.05) is 39.8 Å². The van der Waals surface area contributed by atoms with Crippen LogP contribution in [0.4, 0.5) is 5.69 Å². The quantitative estimate of drug-likeness (QED) is 0.789. The van der Waals surface area contributed by atoms with Crippen LogP contribution in [0.25, 0.3) is 0 Å². The molecule has 1 rings (SSSR count). The number of benzene rings is 1. The van der Waals surface area contributed by atoms with Crippen LogP contribution in [-0.2, 0) is 11.3 Å². The average Bonchev–Trinajstić information content (AvgIpc) is 2.34. The number of hydrogen-bond donors (Lipinski definition) is 2. The molecule has 0 aromatic heterocycles. The zero-order valence-corrected chi connectivity index (χ0v) is 12.5. The molecule has 1 aromatic carbocycles. The van der Waals surface area contributed by atoms with Gasteiger partial charge in [-0.3, -0.25) is 4.79 Å². The van der Waals surface area contributed by atoms with Crippen molar-refractivity contribution in [3.63, 3.8) is 0 Å². The second-order valence-corrected chi connectivity index (χ2v) is 5.72. The van der Waals surface area contributed by atoms with Crippen molar-refractivity contribution in [3.8, 4) is 0 Å². The highest BCUT2D eigenvalue weighted by Crippen LogP contribution is 2.12. The van der Waals surface area contributed by atoms with E-state index in [1.165, 1.54) is 5.56 Å². The maximum atomic E-state index is 11.8. The second-order valence-electron chi connectivity index (χ2n) is 5.72. The van der Waals surface area contributed by atoms with E-state index in [0.29, 0.717) is 18.4 Å². The molecule has 3 heteroatoms. The Kier molecular flexibility index (Phi) is 6.57. The normalized spacial score (nSPS) is 11.1. The van der Waals surface area contributed by atoms with Gasteiger partial charge in [0.15, 0.2) is 0 Å². The Hall–Kier alpha value is -1.35. The van der Waals surface area contributed by atoms with Gasteiger partial charge < -0.3 is 10.6 Å². The summed E-state index contributed by atoms with van der Waals surface area (Å²) >= 11 is 0. The predicted octanol–water partition coefficient (Wildman–Crippen LogP) is 3.56. The monoisotopic (exact) mass is 262 g/mol. The Morgan fingerprint density at radius 1 is 1.21 bits per heavy atom. The van der Waals surface area contributed by atoms with Gasteiger partial charge in [-0.2, -0.15) is 0 Å². The van der Waals surface area contributed by atoms with Crippen molar-refractivity contribution in [2.75, 3.05) is 5.32 Å². The lowest BCUT2D eigenvalue weighted by Crippen LogP contribution is -2.21. The number of carbonyl (C=O) groups excluding carboxylic acids is 1. The molecule has 19 heavy (non-hydrogen) atoms. The fourth-order valence-corrected chi connectivity index (χ4v) is 1.72. The van der Waals surface area contributed by atoms with Crippen LogP contribution in [0.2, 0.25) is 0 Å². The molecule has 0 bridgehead atoms. The summed E-state index contributed by atoms with van der Waals surface area (Å²) in [5.41, 5.74) is 2.08. The van der Waals surface area contributed by atoms with Gasteiger partial charge >= 0.3 is 0 Å². The summed E-state index contributed by atoms with van der Waals surface area (Å²) in [6.45, 7) is 9.33. The Balaban J connectivity index is 2.49. The van der Waals surface area contributed by atoms with E-state index in [9.17, 15) is 4.79 Å². The van der Waals surface area contributed by atoms with E-state index in [4.69, 9.17) is 0 Å². The topological polar surface area (TPSA) is 41.1 Å². The highest BCUT2D eigenvalue weighted by Gasteiger charge is 2.04. The van der Waals surface area contributed by atoms with E-state index in [-0.39, 0.29) is 5.91 Å². The van der Waals surface area contributed by atoms with Crippen molar-refractivity contribution in [1.29, 1.82) is 0 Å². The van der Waals surface area contributed by atoms with Crippen LogP contribution in [0.1, 0.15) is 46.1 Å². The Bertz CT molecular complexity index is 399. The molecule has 1 amide bonds. The highest BCUT2D eigenvalue weighted by atomic mass is 16.1. The summed E-state index contributed by atoms with van der Waals surface area (Å²) in [5, 5.41) is 6.33. The Morgan fingerprint density at radius 3 is 2.58 bits per heavy atom. The lowest BCUT2D eigenvalue weighted by molar-refractivity contribution is -0.116. The van der Waals surface area contributed by atoms with E-state index in [1.807, 2.05) is 18.2 Å². The molecule has 0 heterocycles. The summed E-state index contributed by atoms with van der Waals surface area (Å²) in [7, 11) is 0. The van der Waals surface area contributed by atoms with Crippen molar-refractivity contribution < 1.29 is 4.79 Å². The first-order valence-corrected chi connectivity index (χ1v) is 7.09. The fraction of sp³-hybridized carbons (Fsp3) is 0.562. The summed E-state index contributed by atoms with van der Waals surface area (Å²) in [6, 6.07) is 8.48. The highest BCUT2D eigenvalue weighted by molar-refractivity contribution is 5.90. The molecule has 0 saturated heterocycles. The number of rotatable bonds is 7. The molecule has 0 aliphatic rings. The maximum Gasteiger partial charge on any atom is 0.224 e. The molecule has 0 spiro atoms. The zero-order chi connectivity index (χ0) is 14.3. The summed E-state index contributed by atoms with van der Waals surface area (Å²) in [4.78, 5) is 11.8. The molecule has 1 aromatic rings. The molecule has 0 radical (unpaired) electrons. The molecule has 0 fully saturated rings. The number of amides is 1. The van der Waals surface area contributed by atoms with Gasteiger partial charge in [0.2, 0.25) is 5.91 Å². The van der Waals surface area contributed by atoms with Gasteiger partial charge in [0, 0.05) is 24.7 Å². The van der Waals surface area contributed by atoms with Crippen molar-refractivity contribution in [2.45, 2.75) is 53.1 Å². The van der Waals surface area contributed by atoms with E-state index in [0.717, 1.165) is 18.7 Å². The fourth-order valence-electron chi connectivity index (χ4n) is 1.72. The first kappa shape index (κ1) is 15.7. The molecule has 3 nitrogen and oxygen atoms in total. The van der Waals surface area contributed by atoms with Crippen molar-refractivity contribution in [3.05, 3.63) is 29.8 Å². The number of nitrogens with one attached hydrogen (secondary N) is 2. The lowest BCUT2D eigenvalue weighted by atomic mass is 10.1. The molecule has 0 atom stereocenters. The molecular formula is C16H26N2O. The van der Waals surface area contributed by atoms with Gasteiger partial charge in [0.25, 0.3) is 0 Å². The number of hydrogen-bond acceptors (Lipinski definition) is 2. The van der Waals surface area contributed by atoms with Crippen LogP contribution in [0.3, 0.4) is 0 Å². The summed E-state index contributed by atoms with van der Waals surface area (Å²) in [5.74, 6) is 0.662. The van der Waals surface area contributed by atoms with E-state index < -0.39 is 0 Å². The van der Waals surface area contributed by atoms with Crippen LogP contribution in [0, 0.1) is 5.92 Å². The Labute approximate surface area is 116 Å². The van der Waals surface area contributed by atoms with Crippen LogP contribution in [-0.4, -0.2) is 11.9 Å².